The van der Waals surface area contributed by atoms with E-state index in [1.165, 1.54) is 6.33 Å². The van der Waals surface area contributed by atoms with Crippen LogP contribution in [-0.2, 0) is 9.59 Å². The molecule has 0 saturated heterocycles. The van der Waals surface area contributed by atoms with E-state index in [0.29, 0.717) is 28.8 Å². The Kier molecular flexibility index (Phi) is 7.09. The number of rotatable bonds is 7. The van der Waals surface area contributed by atoms with Crippen LogP contribution in [0.4, 0.5) is 17.2 Å². The second-order valence-corrected chi connectivity index (χ2v) is 8.99. The van der Waals surface area contributed by atoms with Crippen LogP contribution >= 0.6 is 11.6 Å². The maximum Gasteiger partial charge on any atom is 0.245 e. The second-order valence-electron chi connectivity index (χ2n) is 8.56. The second kappa shape index (κ2) is 10.2. The predicted octanol–water partition coefficient (Wildman–Crippen LogP) is 3.91. The van der Waals surface area contributed by atoms with E-state index >= 15 is 0 Å². The molecule has 3 aromatic rings. The van der Waals surface area contributed by atoms with Crippen molar-refractivity contribution in [2.24, 2.45) is 0 Å². The van der Waals surface area contributed by atoms with Crippen LogP contribution in [0, 0.1) is 0 Å². The van der Waals surface area contributed by atoms with Crippen LogP contribution in [0.3, 0.4) is 0 Å². The molecular weight excluding hydrogens is 452 g/mol. The van der Waals surface area contributed by atoms with Gasteiger partial charge in [0.2, 0.25) is 11.8 Å². The molecule has 1 aliphatic heterocycles. The summed E-state index contributed by atoms with van der Waals surface area (Å²) in [4.78, 5) is 35.5. The number of halogens is 1. The lowest BCUT2D eigenvalue weighted by molar-refractivity contribution is -0.117. The molecule has 2 heterocycles. The zero-order chi connectivity index (χ0) is 24.2. The van der Waals surface area contributed by atoms with E-state index in [0.717, 1.165) is 16.8 Å². The number of anilines is 3. The van der Waals surface area contributed by atoms with Gasteiger partial charge in [-0.3, -0.25) is 9.59 Å². The van der Waals surface area contributed by atoms with Crippen LogP contribution in [0.25, 0.3) is 11.3 Å². The normalized spacial score (nSPS) is 13.9. The highest BCUT2D eigenvalue weighted by Gasteiger charge is 2.25. The molecule has 9 heteroatoms. The van der Waals surface area contributed by atoms with Crippen LogP contribution < -0.4 is 20.9 Å². The number of carbonyl (C=O) groups excluding carboxylic acids is 2. The van der Waals surface area contributed by atoms with Gasteiger partial charge in [0.1, 0.15) is 12.0 Å². The first-order chi connectivity index (χ1) is 16.3. The van der Waals surface area contributed by atoms with E-state index < -0.39 is 0 Å². The summed E-state index contributed by atoms with van der Waals surface area (Å²) in [5.74, 6) is -0.0972. The fourth-order valence-corrected chi connectivity index (χ4v) is 3.99. The highest BCUT2D eigenvalue weighted by Crippen LogP contribution is 2.35. The van der Waals surface area contributed by atoms with Crippen molar-refractivity contribution < 1.29 is 9.59 Å². The molecule has 0 saturated carbocycles. The number of fused-ring (bicyclic) bond motifs is 1. The number of likely N-dealkylation sites (N-methyl/N-ethyl adjacent to an activating group) is 1. The average molecular weight is 479 g/mol. The first-order valence-corrected chi connectivity index (χ1v) is 11.5. The molecule has 4 rings (SSSR count). The van der Waals surface area contributed by atoms with Gasteiger partial charge < -0.3 is 20.9 Å². The number of carbonyl (C=O) groups is 2. The van der Waals surface area contributed by atoms with Crippen LogP contribution in [0.1, 0.15) is 25.3 Å². The van der Waals surface area contributed by atoms with E-state index in [1.807, 2.05) is 62.2 Å². The molecule has 2 amide bonds. The predicted molar refractivity (Wildman–Crippen MR) is 135 cm³/mol. The minimum atomic E-state index is -0.370. The third-order valence-corrected chi connectivity index (χ3v) is 5.84. The topological polar surface area (TPSA) is 99.2 Å². The van der Waals surface area contributed by atoms with Gasteiger partial charge in [-0.2, -0.15) is 0 Å². The van der Waals surface area contributed by atoms with Crippen molar-refractivity contribution in [3.63, 3.8) is 0 Å². The number of amides is 2. The zero-order valence-electron chi connectivity index (χ0n) is 19.3. The largest absolute Gasteiger partial charge is 0.361 e. The Morgan fingerprint density at radius 2 is 1.82 bits per heavy atom. The smallest absolute Gasteiger partial charge is 0.245 e. The first kappa shape index (κ1) is 23.7. The Labute approximate surface area is 203 Å². The Hall–Kier alpha value is -3.49. The molecule has 3 N–H and O–H groups in total. The number of hydrogen-bond donors (Lipinski definition) is 3. The number of hydrogen-bond acceptors (Lipinski definition) is 6. The zero-order valence-corrected chi connectivity index (χ0v) is 20.1. The Balaban J connectivity index is 1.54. The Morgan fingerprint density at radius 3 is 2.50 bits per heavy atom. The fourth-order valence-electron chi connectivity index (χ4n) is 3.86. The summed E-state index contributed by atoms with van der Waals surface area (Å²) >= 11 is 6.03. The molecule has 1 atom stereocenters. The van der Waals surface area contributed by atoms with E-state index in [9.17, 15) is 9.59 Å². The molecule has 0 spiro atoms. The highest BCUT2D eigenvalue weighted by molar-refractivity contribution is 6.30. The molecule has 1 aliphatic rings. The molecule has 0 aliphatic carbocycles. The summed E-state index contributed by atoms with van der Waals surface area (Å²) < 4.78 is 0. The van der Waals surface area contributed by atoms with E-state index in [4.69, 9.17) is 11.6 Å². The fraction of sp³-hybridized carbons (Fsp3) is 0.280. The third kappa shape index (κ3) is 5.35. The lowest BCUT2D eigenvalue weighted by Gasteiger charge is -2.27. The van der Waals surface area contributed by atoms with Crippen molar-refractivity contribution in [3.05, 3.63) is 65.4 Å². The van der Waals surface area contributed by atoms with Gasteiger partial charge in [0.25, 0.3) is 0 Å². The van der Waals surface area contributed by atoms with Gasteiger partial charge in [-0.1, -0.05) is 49.7 Å². The SMILES string of the molecule is CC(C)NCC(C(=O)Nc1ccc(-c2ncnc3c2N(C)CC(=O)N3)cc1)c1ccc(Cl)cc1. The maximum atomic E-state index is 13.2. The first-order valence-electron chi connectivity index (χ1n) is 11.1. The van der Waals surface area contributed by atoms with Gasteiger partial charge in [0, 0.05) is 35.9 Å². The molecule has 1 aromatic heterocycles. The van der Waals surface area contributed by atoms with E-state index in [2.05, 4.69) is 25.9 Å². The monoisotopic (exact) mass is 478 g/mol. The van der Waals surface area contributed by atoms with Crippen molar-refractivity contribution in [2.75, 3.05) is 35.7 Å². The third-order valence-electron chi connectivity index (χ3n) is 5.59. The number of aromatic nitrogens is 2. The van der Waals surface area contributed by atoms with Crippen LogP contribution in [-0.4, -0.2) is 48.0 Å². The Morgan fingerprint density at radius 1 is 1.12 bits per heavy atom. The van der Waals surface area contributed by atoms with Crippen molar-refractivity contribution in [1.82, 2.24) is 15.3 Å². The molecule has 2 aromatic carbocycles. The minimum absolute atomic E-state index is 0.106. The summed E-state index contributed by atoms with van der Waals surface area (Å²) in [5, 5.41) is 9.79. The maximum absolute atomic E-state index is 13.2. The molecule has 8 nitrogen and oxygen atoms in total. The molecule has 176 valence electrons. The van der Waals surface area contributed by atoms with Crippen LogP contribution in [0.15, 0.2) is 54.9 Å². The van der Waals surface area contributed by atoms with Gasteiger partial charge in [-0.15, -0.1) is 0 Å². The van der Waals surface area contributed by atoms with Gasteiger partial charge in [-0.25, -0.2) is 9.97 Å². The molecule has 0 bridgehead atoms. The molecule has 0 fully saturated rings. The van der Waals surface area contributed by atoms with Gasteiger partial charge in [0.05, 0.1) is 18.2 Å². The number of nitrogens with one attached hydrogen (secondary N) is 3. The van der Waals surface area contributed by atoms with Gasteiger partial charge >= 0.3 is 0 Å². The molecular formula is C25H27ClN6O2. The number of benzene rings is 2. The molecule has 0 radical (unpaired) electrons. The number of nitrogens with zero attached hydrogens (tertiary/aromatic N) is 3. The standard InChI is InChI=1S/C25H27ClN6O2/c1-15(2)27-12-20(16-4-8-18(26)9-5-16)25(34)30-19-10-6-17(7-11-19)22-23-24(29-14-28-22)31-21(33)13-32(23)3/h4-11,14-15,20,27H,12-13H2,1-3H3,(H,30,34)(H,28,29,31,33). The van der Waals surface area contributed by atoms with E-state index in [1.54, 1.807) is 12.1 Å². The summed E-state index contributed by atoms with van der Waals surface area (Å²) in [6.07, 6.45) is 1.43. The quantitative estimate of drug-likeness (QED) is 0.476. The summed E-state index contributed by atoms with van der Waals surface area (Å²) in [5.41, 5.74) is 3.91. The summed E-state index contributed by atoms with van der Waals surface area (Å²) in [7, 11) is 1.83. The Bertz CT molecular complexity index is 1180. The molecule has 34 heavy (non-hydrogen) atoms. The van der Waals surface area contributed by atoms with Crippen molar-refractivity contribution >= 4 is 40.6 Å². The van der Waals surface area contributed by atoms with Gasteiger partial charge in [-0.05, 0) is 29.8 Å². The summed E-state index contributed by atoms with van der Waals surface area (Å²) in [6.45, 7) is 4.83. The lowest BCUT2D eigenvalue weighted by Crippen LogP contribution is -2.36. The van der Waals surface area contributed by atoms with E-state index in [-0.39, 0.29) is 30.3 Å². The minimum Gasteiger partial charge on any atom is -0.361 e. The average Bonchev–Trinajstić information content (AvgIpc) is 2.80. The van der Waals surface area contributed by atoms with Crippen LogP contribution in [0.2, 0.25) is 5.02 Å². The van der Waals surface area contributed by atoms with Crippen molar-refractivity contribution in [1.29, 1.82) is 0 Å². The van der Waals surface area contributed by atoms with Crippen molar-refractivity contribution in [2.45, 2.75) is 25.8 Å². The van der Waals surface area contributed by atoms with Crippen LogP contribution in [0.5, 0.6) is 0 Å². The summed E-state index contributed by atoms with van der Waals surface area (Å²) in [6, 6.07) is 15.1. The van der Waals surface area contributed by atoms with Crippen molar-refractivity contribution in [3.8, 4) is 11.3 Å². The highest BCUT2D eigenvalue weighted by atomic mass is 35.5. The molecule has 1 unspecified atom stereocenters. The lowest BCUT2D eigenvalue weighted by atomic mass is 9.97. The van der Waals surface area contributed by atoms with Gasteiger partial charge in [0.15, 0.2) is 5.82 Å².